The maximum atomic E-state index is 4.78. The molecule has 1 aliphatic heterocycles. The molecule has 0 bridgehead atoms. The van der Waals surface area contributed by atoms with Gasteiger partial charge < -0.3 is 4.90 Å². The maximum Gasteiger partial charge on any atom is 0.178 e. The van der Waals surface area contributed by atoms with Crippen LogP contribution < -0.4 is 4.90 Å². The van der Waals surface area contributed by atoms with Crippen LogP contribution in [0.4, 0.5) is 5.82 Å². The number of aromatic nitrogens is 7. The molecule has 138 valence electrons. The number of nitrogens with zero attached hydrogens (tertiary/aromatic N) is 9. The molecule has 0 saturated carbocycles. The van der Waals surface area contributed by atoms with Crippen molar-refractivity contribution in [3.8, 4) is 0 Å². The Hall–Kier alpha value is -2.55. The van der Waals surface area contributed by atoms with E-state index in [4.69, 9.17) is 5.10 Å². The summed E-state index contributed by atoms with van der Waals surface area (Å²) < 4.78 is 1.87. The van der Waals surface area contributed by atoms with E-state index >= 15 is 0 Å². The average molecular weight is 355 g/mol. The second-order valence-corrected chi connectivity index (χ2v) is 8.03. The van der Waals surface area contributed by atoms with Crippen LogP contribution in [0.1, 0.15) is 32.3 Å². The van der Waals surface area contributed by atoms with Crippen LogP contribution in [0, 0.1) is 0 Å². The van der Waals surface area contributed by atoms with Gasteiger partial charge >= 0.3 is 0 Å². The van der Waals surface area contributed by atoms with Crippen LogP contribution in [0.3, 0.4) is 0 Å². The van der Waals surface area contributed by atoms with E-state index in [1.54, 1.807) is 4.80 Å². The van der Waals surface area contributed by atoms with Gasteiger partial charge in [0, 0.05) is 38.1 Å². The van der Waals surface area contributed by atoms with Gasteiger partial charge in [-0.3, -0.25) is 4.90 Å². The van der Waals surface area contributed by atoms with Crippen molar-refractivity contribution < 1.29 is 0 Å². The van der Waals surface area contributed by atoms with E-state index < -0.39 is 0 Å². The summed E-state index contributed by atoms with van der Waals surface area (Å²) in [5.74, 6) is 1.85. The van der Waals surface area contributed by atoms with E-state index in [0.29, 0.717) is 6.04 Å². The molecule has 1 aliphatic rings. The number of aryl methyl sites for hydroxylation is 1. The fourth-order valence-electron chi connectivity index (χ4n) is 3.18. The van der Waals surface area contributed by atoms with Crippen molar-refractivity contribution in [3.63, 3.8) is 0 Å². The van der Waals surface area contributed by atoms with Crippen LogP contribution in [0.2, 0.25) is 0 Å². The van der Waals surface area contributed by atoms with Crippen LogP contribution in [-0.4, -0.2) is 65.9 Å². The molecular formula is C17H25N9. The van der Waals surface area contributed by atoms with Gasteiger partial charge in [-0.2, -0.15) is 19.5 Å². The highest BCUT2D eigenvalue weighted by molar-refractivity contribution is 5.48. The zero-order valence-electron chi connectivity index (χ0n) is 16.0. The second-order valence-electron chi connectivity index (χ2n) is 8.03. The number of anilines is 1. The number of hydrogen-bond acceptors (Lipinski definition) is 7. The Balaban J connectivity index is 1.45. The van der Waals surface area contributed by atoms with E-state index in [1.165, 1.54) is 0 Å². The minimum Gasteiger partial charge on any atom is -0.352 e. The van der Waals surface area contributed by atoms with Gasteiger partial charge in [0.1, 0.15) is 5.82 Å². The average Bonchev–Trinajstić information content (AvgIpc) is 3.11. The van der Waals surface area contributed by atoms with Crippen molar-refractivity contribution >= 4 is 11.5 Å². The van der Waals surface area contributed by atoms with Crippen LogP contribution in [0.15, 0.2) is 18.3 Å². The number of fused-ring (bicyclic) bond motifs is 1. The van der Waals surface area contributed by atoms with Crippen molar-refractivity contribution in [1.29, 1.82) is 0 Å². The predicted octanol–water partition coefficient (Wildman–Crippen LogP) is 0.871. The molecule has 1 fully saturated rings. The second kappa shape index (κ2) is 6.01. The molecule has 1 saturated heterocycles. The van der Waals surface area contributed by atoms with E-state index in [0.717, 1.165) is 42.6 Å². The van der Waals surface area contributed by atoms with Crippen molar-refractivity contribution in [2.24, 2.45) is 7.05 Å². The molecule has 0 radical (unpaired) electrons. The van der Waals surface area contributed by atoms with Gasteiger partial charge in [-0.1, -0.05) is 20.8 Å². The van der Waals surface area contributed by atoms with Gasteiger partial charge in [0.2, 0.25) is 0 Å². The molecule has 0 aromatic carbocycles. The smallest absolute Gasteiger partial charge is 0.178 e. The highest BCUT2D eigenvalue weighted by Crippen LogP contribution is 2.25. The first-order chi connectivity index (χ1) is 12.3. The fraction of sp³-hybridized carbons (Fsp3) is 0.588. The van der Waals surface area contributed by atoms with Gasteiger partial charge in [-0.15, -0.1) is 15.3 Å². The molecular weight excluding hydrogens is 330 g/mol. The highest BCUT2D eigenvalue weighted by atomic mass is 15.5. The first-order valence-electron chi connectivity index (χ1n) is 8.84. The largest absolute Gasteiger partial charge is 0.352 e. The molecule has 0 unspecified atom stereocenters. The third-order valence-electron chi connectivity index (χ3n) is 4.79. The quantitative estimate of drug-likeness (QED) is 0.687. The Morgan fingerprint density at radius 1 is 1.15 bits per heavy atom. The predicted molar refractivity (Wildman–Crippen MR) is 98.0 cm³/mol. The monoisotopic (exact) mass is 355 g/mol. The van der Waals surface area contributed by atoms with Crippen LogP contribution >= 0.6 is 0 Å². The first kappa shape index (κ1) is 16.9. The highest BCUT2D eigenvalue weighted by Gasteiger charge is 2.32. The van der Waals surface area contributed by atoms with E-state index in [9.17, 15) is 0 Å². The molecule has 3 aromatic rings. The minimum atomic E-state index is -0.0978. The lowest BCUT2D eigenvalue weighted by Gasteiger charge is -2.44. The van der Waals surface area contributed by atoms with Crippen molar-refractivity contribution in [3.05, 3.63) is 29.8 Å². The summed E-state index contributed by atoms with van der Waals surface area (Å²) in [4.78, 5) is 6.20. The zero-order valence-corrected chi connectivity index (χ0v) is 16.0. The number of rotatable bonds is 4. The molecule has 4 rings (SSSR count). The molecule has 0 N–H and O–H groups in total. The van der Waals surface area contributed by atoms with E-state index in [1.807, 2.05) is 29.9 Å². The third kappa shape index (κ3) is 3.03. The summed E-state index contributed by atoms with van der Waals surface area (Å²) in [7, 11) is 3.97. The summed E-state index contributed by atoms with van der Waals surface area (Å²) in [6, 6.07) is 4.49. The Morgan fingerprint density at radius 3 is 2.58 bits per heavy atom. The molecule has 3 aromatic heterocycles. The van der Waals surface area contributed by atoms with E-state index in [2.05, 4.69) is 58.0 Å². The third-order valence-corrected chi connectivity index (χ3v) is 4.79. The van der Waals surface area contributed by atoms with Gasteiger partial charge in [-0.25, -0.2) is 0 Å². The van der Waals surface area contributed by atoms with Crippen molar-refractivity contribution in [1.82, 2.24) is 39.7 Å². The summed E-state index contributed by atoms with van der Waals surface area (Å²) in [5, 5.41) is 21.8. The van der Waals surface area contributed by atoms with E-state index in [-0.39, 0.29) is 5.41 Å². The molecule has 9 heteroatoms. The molecule has 0 atom stereocenters. The van der Waals surface area contributed by atoms with Gasteiger partial charge in [0.25, 0.3) is 0 Å². The normalized spacial score (nSPS) is 15.8. The minimum absolute atomic E-state index is 0.0978. The lowest BCUT2D eigenvalue weighted by Crippen LogP contribution is -2.58. The number of hydrogen-bond donors (Lipinski definition) is 0. The van der Waals surface area contributed by atoms with Crippen LogP contribution in [0.5, 0.6) is 0 Å². The molecule has 0 aliphatic carbocycles. The van der Waals surface area contributed by atoms with Gasteiger partial charge in [0.15, 0.2) is 11.5 Å². The first-order valence-corrected chi connectivity index (χ1v) is 8.84. The molecule has 0 spiro atoms. The summed E-state index contributed by atoms with van der Waals surface area (Å²) in [6.07, 6.45) is 1.82. The lowest BCUT2D eigenvalue weighted by atomic mass is 9.96. The summed E-state index contributed by atoms with van der Waals surface area (Å²) in [6.45, 7) is 9.07. The zero-order chi connectivity index (χ0) is 18.5. The Bertz CT molecular complexity index is 914. The topological polar surface area (TPSA) is 80.3 Å². The van der Waals surface area contributed by atoms with Crippen molar-refractivity contribution in [2.75, 3.05) is 25.0 Å². The van der Waals surface area contributed by atoms with Gasteiger partial charge in [0.05, 0.1) is 11.9 Å². The Morgan fingerprint density at radius 2 is 1.92 bits per heavy atom. The Kier molecular flexibility index (Phi) is 3.91. The standard InChI is InChI=1S/C17H25N9/c1-17(2,3)16-20-19-14-6-7-15(22-26(14)16)25-10-13(11-25)23(4)9-12-8-18-24(5)21-12/h6-8,13H,9-11H2,1-5H3. The summed E-state index contributed by atoms with van der Waals surface area (Å²) in [5.41, 5.74) is 1.68. The maximum absolute atomic E-state index is 4.78. The Labute approximate surface area is 152 Å². The molecule has 4 heterocycles. The van der Waals surface area contributed by atoms with Crippen LogP contribution in [0.25, 0.3) is 5.65 Å². The summed E-state index contributed by atoms with van der Waals surface area (Å²) >= 11 is 0. The molecule has 0 amide bonds. The lowest BCUT2D eigenvalue weighted by molar-refractivity contribution is 0.194. The SMILES string of the molecule is CN(Cc1cnn(C)n1)C1CN(c2ccc3nnc(C(C)(C)C)n3n2)C1. The van der Waals surface area contributed by atoms with Gasteiger partial charge in [-0.05, 0) is 19.2 Å². The fourth-order valence-corrected chi connectivity index (χ4v) is 3.18. The molecule has 26 heavy (non-hydrogen) atoms. The number of likely N-dealkylation sites (N-methyl/N-ethyl adjacent to an activating group) is 1. The van der Waals surface area contributed by atoms with Crippen molar-refractivity contribution in [2.45, 2.75) is 38.8 Å². The van der Waals surface area contributed by atoms with Crippen LogP contribution in [-0.2, 0) is 19.0 Å². The molecule has 9 nitrogen and oxygen atoms in total.